The van der Waals surface area contributed by atoms with Crippen LogP contribution in [0, 0.1) is 5.21 Å². The van der Waals surface area contributed by atoms with Gasteiger partial charge in [0.2, 0.25) is 5.52 Å². The fourth-order valence-corrected chi connectivity index (χ4v) is 2.75. The topological polar surface area (TPSA) is 102 Å². The van der Waals surface area contributed by atoms with Crippen LogP contribution < -0.4 is 9.47 Å². The maximum absolute atomic E-state index is 12.9. The van der Waals surface area contributed by atoms with Crippen molar-refractivity contribution in [3.05, 3.63) is 69.6 Å². The molecule has 8 nitrogen and oxygen atoms in total. The van der Waals surface area contributed by atoms with Crippen LogP contribution in [-0.4, -0.2) is 30.6 Å². The lowest BCUT2D eigenvalue weighted by molar-refractivity contribution is -0.581. The van der Waals surface area contributed by atoms with E-state index < -0.39 is 11.9 Å². The van der Waals surface area contributed by atoms with Crippen LogP contribution in [0.25, 0.3) is 11.0 Å². The largest absolute Gasteiger partial charge is 0.618 e. The molecule has 2 aromatic carbocycles. The van der Waals surface area contributed by atoms with Crippen LogP contribution in [0.5, 0.6) is 5.75 Å². The Balaban J connectivity index is 1.98. The number of esters is 2. The molecule has 0 spiro atoms. The molecule has 0 aliphatic heterocycles. The van der Waals surface area contributed by atoms with Gasteiger partial charge in [-0.05, 0) is 43.3 Å². The third-order valence-electron chi connectivity index (χ3n) is 4.02. The van der Waals surface area contributed by atoms with Crippen molar-refractivity contribution in [2.45, 2.75) is 13.5 Å². The third kappa shape index (κ3) is 4.38. The van der Waals surface area contributed by atoms with E-state index >= 15 is 0 Å². The second-order valence-electron chi connectivity index (χ2n) is 5.86. The summed E-state index contributed by atoms with van der Waals surface area (Å²) in [6.45, 7) is 1.30. The quantitative estimate of drug-likeness (QED) is 0.345. The average molecular weight is 417 g/mol. The summed E-state index contributed by atoms with van der Waals surface area (Å²) in [4.78, 5) is 28.9. The fourth-order valence-electron chi connectivity index (χ4n) is 2.63. The molecule has 0 unspecified atom stereocenters. The standard InChI is InChI=1S/C20H17ClN2O6/c1-3-28-20(25)18-16(11-29-19(24)12-4-6-13(21)7-5-12)22-15-9-8-14(27-2)10-17(15)23(18)26/h4-10H,3,11H2,1-2H3. The van der Waals surface area contributed by atoms with Gasteiger partial charge in [-0.15, -0.1) is 0 Å². The number of benzene rings is 2. The van der Waals surface area contributed by atoms with Gasteiger partial charge < -0.3 is 19.4 Å². The number of rotatable bonds is 6. The molecule has 0 saturated heterocycles. The summed E-state index contributed by atoms with van der Waals surface area (Å²) in [5.41, 5.74) is 0.342. The number of hydrogen-bond donors (Lipinski definition) is 0. The zero-order valence-electron chi connectivity index (χ0n) is 15.7. The number of aromatic nitrogens is 2. The monoisotopic (exact) mass is 416 g/mol. The molecule has 0 atom stereocenters. The Morgan fingerprint density at radius 2 is 1.83 bits per heavy atom. The fraction of sp³-hybridized carbons (Fsp3) is 0.200. The van der Waals surface area contributed by atoms with Crippen molar-refractivity contribution < 1.29 is 28.5 Å². The molecule has 0 saturated carbocycles. The first-order valence-corrected chi connectivity index (χ1v) is 9.02. The summed E-state index contributed by atoms with van der Waals surface area (Å²) in [5, 5.41) is 13.3. The molecule has 3 aromatic rings. The van der Waals surface area contributed by atoms with Crippen molar-refractivity contribution in [2.24, 2.45) is 0 Å². The van der Waals surface area contributed by atoms with Crippen LogP contribution in [0.15, 0.2) is 42.5 Å². The molecule has 0 aliphatic carbocycles. The highest BCUT2D eigenvalue weighted by Crippen LogP contribution is 2.19. The number of nitrogens with zero attached hydrogens (tertiary/aromatic N) is 2. The van der Waals surface area contributed by atoms with E-state index in [2.05, 4.69) is 4.98 Å². The van der Waals surface area contributed by atoms with E-state index in [4.69, 9.17) is 25.8 Å². The van der Waals surface area contributed by atoms with Gasteiger partial charge in [0.15, 0.2) is 5.69 Å². The third-order valence-corrected chi connectivity index (χ3v) is 4.27. The zero-order chi connectivity index (χ0) is 21.0. The number of ether oxygens (including phenoxy) is 3. The first kappa shape index (κ1) is 20.3. The van der Waals surface area contributed by atoms with Crippen molar-refractivity contribution in [1.29, 1.82) is 0 Å². The predicted octanol–water partition coefficient (Wildman–Crippen LogP) is 3.06. The van der Waals surface area contributed by atoms with Crippen LogP contribution in [0.4, 0.5) is 0 Å². The first-order chi connectivity index (χ1) is 13.9. The first-order valence-electron chi connectivity index (χ1n) is 8.64. The Morgan fingerprint density at radius 3 is 2.48 bits per heavy atom. The van der Waals surface area contributed by atoms with E-state index in [1.807, 2.05) is 0 Å². The second kappa shape index (κ2) is 8.74. The van der Waals surface area contributed by atoms with Gasteiger partial charge in [0.05, 0.1) is 25.3 Å². The summed E-state index contributed by atoms with van der Waals surface area (Å²) in [5.74, 6) is -1.08. The molecular weight excluding hydrogens is 400 g/mol. The highest BCUT2D eigenvalue weighted by atomic mass is 35.5. The van der Waals surface area contributed by atoms with E-state index in [-0.39, 0.29) is 35.7 Å². The minimum atomic E-state index is -0.864. The van der Waals surface area contributed by atoms with Crippen LogP contribution in [0.2, 0.25) is 5.02 Å². The summed E-state index contributed by atoms with van der Waals surface area (Å²) >= 11 is 5.81. The molecular formula is C20H17ClN2O6. The van der Waals surface area contributed by atoms with Gasteiger partial charge in [-0.1, -0.05) is 11.6 Å². The van der Waals surface area contributed by atoms with Crippen molar-refractivity contribution >= 4 is 34.6 Å². The van der Waals surface area contributed by atoms with Gasteiger partial charge in [0.25, 0.3) is 0 Å². The second-order valence-corrected chi connectivity index (χ2v) is 6.30. The van der Waals surface area contributed by atoms with E-state index in [1.165, 1.54) is 25.3 Å². The van der Waals surface area contributed by atoms with Crippen molar-refractivity contribution in [1.82, 2.24) is 4.98 Å². The van der Waals surface area contributed by atoms with Crippen molar-refractivity contribution in [2.75, 3.05) is 13.7 Å². The lowest BCUT2D eigenvalue weighted by Gasteiger charge is -2.12. The minimum absolute atomic E-state index is 0.0153. The van der Waals surface area contributed by atoms with Crippen molar-refractivity contribution in [3.63, 3.8) is 0 Å². The summed E-state index contributed by atoms with van der Waals surface area (Å²) in [7, 11) is 1.46. The van der Waals surface area contributed by atoms with E-state index in [9.17, 15) is 14.8 Å². The lowest BCUT2D eigenvalue weighted by Crippen LogP contribution is -2.39. The van der Waals surface area contributed by atoms with Crippen LogP contribution in [0.1, 0.15) is 33.5 Å². The number of halogens is 1. The summed E-state index contributed by atoms with van der Waals surface area (Å²) in [6, 6.07) is 10.8. The number of hydrogen-bond acceptors (Lipinski definition) is 7. The molecule has 9 heteroatoms. The van der Waals surface area contributed by atoms with Gasteiger partial charge >= 0.3 is 17.6 Å². The molecule has 150 valence electrons. The number of carbonyl (C=O) groups excluding carboxylic acids is 2. The molecule has 3 rings (SSSR count). The van der Waals surface area contributed by atoms with Gasteiger partial charge in [-0.25, -0.2) is 14.6 Å². The predicted molar refractivity (Wildman–Crippen MR) is 104 cm³/mol. The van der Waals surface area contributed by atoms with Gasteiger partial charge in [0, 0.05) is 5.02 Å². The Morgan fingerprint density at radius 1 is 1.10 bits per heavy atom. The van der Waals surface area contributed by atoms with Crippen LogP contribution >= 0.6 is 11.6 Å². The average Bonchev–Trinajstić information content (AvgIpc) is 2.72. The molecule has 1 heterocycles. The van der Waals surface area contributed by atoms with E-state index in [0.29, 0.717) is 21.0 Å². The van der Waals surface area contributed by atoms with Crippen LogP contribution in [-0.2, 0) is 16.1 Å². The highest BCUT2D eigenvalue weighted by Gasteiger charge is 2.28. The highest BCUT2D eigenvalue weighted by molar-refractivity contribution is 6.30. The lowest BCUT2D eigenvalue weighted by atomic mass is 10.2. The smallest absolute Gasteiger partial charge is 0.407 e. The molecule has 0 radical (unpaired) electrons. The Kier molecular flexibility index (Phi) is 6.13. The Bertz CT molecular complexity index is 1070. The SMILES string of the molecule is CCOC(=O)c1c(COC(=O)c2ccc(Cl)cc2)nc2ccc(OC)cc2[n+]1[O-]. The maximum Gasteiger partial charge on any atom is 0.407 e. The van der Waals surface area contributed by atoms with Crippen molar-refractivity contribution in [3.8, 4) is 5.75 Å². The zero-order valence-corrected chi connectivity index (χ0v) is 16.4. The number of carbonyl (C=O) groups is 2. The van der Waals surface area contributed by atoms with Gasteiger partial charge in [0.1, 0.15) is 17.9 Å². The molecule has 0 fully saturated rings. The van der Waals surface area contributed by atoms with E-state index in [1.54, 1.807) is 31.2 Å². The van der Waals surface area contributed by atoms with Gasteiger partial charge in [-0.3, -0.25) is 0 Å². The molecule has 0 bridgehead atoms. The minimum Gasteiger partial charge on any atom is -0.618 e. The number of methoxy groups -OCH3 is 1. The summed E-state index contributed by atoms with van der Waals surface area (Å²) in [6.07, 6.45) is 0. The van der Waals surface area contributed by atoms with Crippen LogP contribution in [0.3, 0.4) is 0 Å². The summed E-state index contributed by atoms with van der Waals surface area (Å²) < 4.78 is 15.7. The molecule has 0 amide bonds. The maximum atomic E-state index is 12.9. The number of fused-ring (bicyclic) bond motifs is 1. The normalized spacial score (nSPS) is 10.6. The van der Waals surface area contributed by atoms with Gasteiger partial charge in [-0.2, -0.15) is 4.73 Å². The molecule has 29 heavy (non-hydrogen) atoms. The molecule has 1 aromatic heterocycles. The Hall–Kier alpha value is -3.39. The Labute approximate surface area is 171 Å². The molecule has 0 N–H and O–H groups in total. The van der Waals surface area contributed by atoms with E-state index in [0.717, 1.165) is 0 Å². The molecule has 0 aliphatic rings.